The van der Waals surface area contributed by atoms with Crippen molar-refractivity contribution in [3.63, 3.8) is 0 Å². The minimum atomic E-state index is -1.63. The minimum Gasteiger partial charge on any atom is -0.484 e. The summed E-state index contributed by atoms with van der Waals surface area (Å²) in [5.41, 5.74) is 1.55. The molecule has 2 aliphatic rings. The maximum atomic E-state index is 13.6. The smallest absolute Gasteiger partial charge is 0.331 e. The van der Waals surface area contributed by atoms with Gasteiger partial charge in [-0.2, -0.15) is 0 Å². The van der Waals surface area contributed by atoms with Gasteiger partial charge in [-0.25, -0.2) is 4.79 Å². The number of fused-ring (bicyclic) bond motifs is 1. The van der Waals surface area contributed by atoms with Crippen molar-refractivity contribution >= 4 is 28.6 Å². The summed E-state index contributed by atoms with van der Waals surface area (Å²) in [6, 6.07) is 25.4. The highest BCUT2D eigenvalue weighted by molar-refractivity contribution is 7.87. The van der Waals surface area contributed by atoms with E-state index < -0.39 is 56.9 Å². The third kappa shape index (κ3) is 4.69. The Hall–Kier alpha value is -3.98. The maximum Gasteiger partial charge on any atom is 0.331 e. The molecule has 2 heterocycles. The third-order valence-corrected chi connectivity index (χ3v) is 9.04. The predicted octanol–water partition coefficient (Wildman–Crippen LogP) is 2.96. The van der Waals surface area contributed by atoms with Crippen molar-refractivity contribution in [1.29, 1.82) is 0 Å². The van der Waals surface area contributed by atoms with Gasteiger partial charge in [-0.1, -0.05) is 78.9 Å². The van der Waals surface area contributed by atoms with E-state index in [-0.39, 0.29) is 6.61 Å². The topological polar surface area (TPSA) is 102 Å². The van der Waals surface area contributed by atoms with Gasteiger partial charge in [0.05, 0.1) is 15.5 Å². The first-order chi connectivity index (χ1) is 18.3. The minimum absolute atomic E-state index is 0.294. The number of nitrogens with one attached hydrogen (secondary N) is 1. The maximum absolute atomic E-state index is 13.6. The fourth-order valence-corrected chi connectivity index (χ4v) is 6.84. The van der Waals surface area contributed by atoms with Gasteiger partial charge in [0.25, 0.3) is 5.91 Å². The molecule has 1 unspecified atom stereocenters. The summed E-state index contributed by atoms with van der Waals surface area (Å²) in [6.07, 6.45) is -0.699. The summed E-state index contributed by atoms with van der Waals surface area (Å²) in [5, 5.41) is 1.80. The Bertz CT molecular complexity index is 1310. The molecule has 0 radical (unpaired) electrons. The lowest BCUT2D eigenvalue weighted by molar-refractivity contribution is -0.166. The lowest BCUT2D eigenvalue weighted by Gasteiger charge is -2.43. The van der Waals surface area contributed by atoms with Gasteiger partial charge in [0.1, 0.15) is 23.2 Å². The first-order valence-corrected chi connectivity index (χ1v) is 13.5. The Morgan fingerprint density at radius 3 is 2.00 bits per heavy atom. The van der Waals surface area contributed by atoms with E-state index >= 15 is 0 Å². The molecule has 0 bridgehead atoms. The van der Waals surface area contributed by atoms with Gasteiger partial charge in [-0.15, -0.1) is 0 Å². The fraction of sp³-hybridized carbons (Fsp3) is 0.276. The van der Waals surface area contributed by atoms with E-state index in [1.807, 2.05) is 66.7 Å². The van der Waals surface area contributed by atoms with E-state index in [1.165, 1.54) is 4.90 Å². The second kappa shape index (κ2) is 10.4. The van der Waals surface area contributed by atoms with Crippen LogP contribution < -0.4 is 10.1 Å². The highest BCUT2D eigenvalue weighted by atomic mass is 32.2. The van der Waals surface area contributed by atoms with Crippen LogP contribution >= 0.6 is 0 Å². The van der Waals surface area contributed by atoms with Crippen LogP contribution in [-0.2, 0) is 29.9 Å². The van der Waals surface area contributed by atoms with Crippen molar-refractivity contribution in [3.8, 4) is 5.75 Å². The van der Waals surface area contributed by atoms with Crippen LogP contribution in [0.4, 0.5) is 0 Å². The van der Waals surface area contributed by atoms with Gasteiger partial charge >= 0.3 is 5.97 Å². The van der Waals surface area contributed by atoms with Crippen molar-refractivity contribution in [3.05, 3.63) is 102 Å². The van der Waals surface area contributed by atoms with Crippen LogP contribution in [0.1, 0.15) is 31.1 Å². The molecule has 3 aromatic carbocycles. The third-order valence-electron chi connectivity index (χ3n) is 6.85. The number of carbonyl (C=O) groups is 3. The molecule has 2 fully saturated rings. The van der Waals surface area contributed by atoms with Crippen LogP contribution in [0.2, 0.25) is 0 Å². The van der Waals surface area contributed by atoms with Gasteiger partial charge in [-0.3, -0.25) is 13.8 Å². The Morgan fingerprint density at radius 2 is 1.45 bits per heavy atom. The molecule has 5 rings (SSSR count). The molecule has 2 saturated heterocycles. The molecule has 1 N–H and O–H groups in total. The molecule has 2 amide bonds. The number of amides is 2. The molecule has 0 saturated carbocycles. The van der Waals surface area contributed by atoms with Crippen molar-refractivity contribution < 1.29 is 28.1 Å². The standard InChI is InChI=1S/C29H28N2O6S/c1-29(2)25(28(34)37-24(19-12-6-3-7-13-19)20-14-8-4-9-15-20)31-26(33)23(27(31)38(29)35)30-22(32)18-36-21-16-10-5-11-17-21/h3-17,23-25,27H,18H2,1-2H3,(H,30,32)/t23-,25?,27-,38+/m1/s1. The van der Waals surface area contributed by atoms with Crippen molar-refractivity contribution in [1.82, 2.24) is 10.2 Å². The van der Waals surface area contributed by atoms with Gasteiger partial charge in [-0.05, 0) is 37.1 Å². The number of hydrogen-bond acceptors (Lipinski definition) is 6. The molecular formula is C29H28N2O6S. The number of benzene rings is 3. The summed E-state index contributed by atoms with van der Waals surface area (Å²) in [4.78, 5) is 40.6. The first-order valence-electron chi connectivity index (χ1n) is 12.3. The van der Waals surface area contributed by atoms with Crippen LogP contribution in [0, 0.1) is 0 Å². The van der Waals surface area contributed by atoms with Gasteiger partial charge in [0.2, 0.25) is 5.91 Å². The molecule has 8 nitrogen and oxygen atoms in total. The van der Waals surface area contributed by atoms with Gasteiger partial charge < -0.3 is 19.7 Å². The molecule has 196 valence electrons. The van der Waals surface area contributed by atoms with Crippen LogP contribution in [0.25, 0.3) is 0 Å². The highest BCUT2D eigenvalue weighted by Gasteiger charge is 2.68. The van der Waals surface area contributed by atoms with E-state index in [9.17, 15) is 18.6 Å². The molecular weight excluding hydrogens is 504 g/mol. The number of ether oxygens (including phenoxy) is 2. The van der Waals surface area contributed by atoms with Gasteiger partial charge in [0.15, 0.2) is 12.7 Å². The summed E-state index contributed by atoms with van der Waals surface area (Å²) in [7, 11) is -1.63. The number of hydrogen-bond donors (Lipinski definition) is 1. The number of carbonyl (C=O) groups excluding carboxylic acids is 3. The predicted molar refractivity (Wildman–Crippen MR) is 141 cm³/mol. The Balaban J connectivity index is 1.32. The average molecular weight is 533 g/mol. The largest absolute Gasteiger partial charge is 0.484 e. The zero-order valence-corrected chi connectivity index (χ0v) is 21.8. The number of para-hydroxylation sites is 1. The SMILES string of the molecule is CC1(C)C(C(=O)OC(c2ccccc2)c2ccccc2)N2C(=O)[C@@H](NC(=O)COc3ccccc3)[C@H]2[S@@]1=O. The number of nitrogens with zero attached hydrogens (tertiary/aromatic N) is 1. The molecule has 0 aromatic heterocycles. The number of esters is 1. The van der Waals surface area contributed by atoms with Crippen LogP contribution in [0.5, 0.6) is 5.75 Å². The molecule has 2 aliphatic heterocycles. The second-order valence-electron chi connectivity index (χ2n) is 9.72. The average Bonchev–Trinajstić information content (AvgIpc) is 3.13. The van der Waals surface area contributed by atoms with Gasteiger partial charge in [0, 0.05) is 0 Å². The lowest BCUT2D eigenvalue weighted by Crippen LogP contribution is -2.72. The van der Waals surface area contributed by atoms with E-state index in [0.717, 1.165) is 11.1 Å². The van der Waals surface area contributed by atoms with Crippen molar-refractivity contribution in [2.75, 3.05) is 6.61 Å². The van der Waals surface area contributed by atoms with Crippen molar-refractivity contribution in [2.45, 2.75) is 42.2 Å². The normalized spacial score (nSPS) is 23.3. The molecule has 38 heavy (non-hydrogen) atoms. The first kappa shape index (κ1) is 25.7. The highest BCUT2D eigenvalue weighted by Crippen LogP contribution is 2.44. The summed E-state index contributed by atoms with van der Waals surface area (Å²) >= 11 is 0. The quantitative estimate of drug-likeness (QED) is 0.354. The van der Waals surface area contributed by atoms with E-state index in [0.29, 0.717) is 5.75 Å². The molecule has 9 heteroatoms. The van der Waals surface area contributed by atoms with E-state index in [1.54, 1.807) is 38.1 Å². The Kier molecular flexibility index (Phi) is 7.03. The van der Waals surface area contributed by atoms with Crippen LogP contribution in [0.3, 0.4) is 0 Å². The Morgan fingerprint density at radius 1 is 0.921 bits per heavy atom. The number of rotatable bonds is 8. The van der Waals surface area contributed by atoms with Crippen molar-refractivity contribution in [2.24, 2.45) is 0 Å². The van der Waals surface area contributed by atoms with Crippen LogP contribution in [0.15, 0.2) is 91.0 Å². The Labute approximate surface area is 223 Å². The number of β-lactam (4-membered cyclic amide) rings is 1. The molecule has 0 spiro atoms. The monoisotopic (exact) mass is 532 g/mol. The molecule has 0 aliphatic carbocycles. The summed E-state index contributed by atoms with van der Waals surface area (Å²) in [5.74, 6) is -1.11. The molecule has 3 aromatic rings. The van der Waals surface area contributed by atoms with Crippen LogP contribution in [-0.4, -0.2) is 55.7 Å². The zero-order chi connectivity index (χ0) is 26.9. The lowest BCUT2D eigenvalue weighted by atomic mass is 9.95. The van der Waals surface area contributed by atoms with E-state index in [4.69, 9.17) is 9.47 Å². The second-order valence-corrected chi connectivity index (χ2v) is 11.9. The zero-order valence-electron chi connectivity index (χ0n) is 21.0. The molecule has 4 atom stereocenters. The summed E-state index contributed by atoms with van der Waals surface area (Å²) < 4.78 is 23.9. The van der Waals surface area contributed by atoms with E-state index in [2.05, 4.69) is 5.32 Å². The fourth-order valence-electron chi connectivity index (χ4n) is 4.92. The summed E-state index contributed by atoms with van der Waals surface area (Å²) in [6.45, 7) is 3.06.